The third-order valence-electron chi connectivity index (χ3n) is 4.33. The van der Waals surface area contributed by atoms with Crippen LogP contribution in [-0.4, -0.2) is 32.5 Å². The fraction of sp³-hybridized carbons (Fsp3) is 0.316. The van der Waals surface area contributed by atoms with Crippen molar-refractivity contribution < 1.29 is 8.42 Å². The molecule has 0 bridgehead atoms. The number of sulfonamides is 1. The van der Waals surface area contributed by atoms with Gasteiger partial charge in [-0.2, -0.15) is 0 Å². The van der Waals surface area contributed by atoms with Crippen molar-refractivity contribution in [3.63, 3.8) is 0 Å². The van der Waals surface area contributed by atoms with E-state index >= 15 is 0 Å². The molecule has 5 nitrogen and oxygen atoms in total. The van der Waals surface area contributed by atoms with E-state index in [1.54, 1.807) is 30.3 Å². The van der Waals surface area contributed by atoms with Crippen LogP contribution in [0.15, 0.2) is 47.9 Å². The van der Waals surface area contributed by atoms with Crippen LogP contribution in [-0.2, 0) is 10.0 Å². The number of nitrogens with one attached hydrogen (secondary N) is 1. The molecule has 0 saturated carbocycles. The van der Waals surface area contributed by atoms with Gasteiger partial charge in [-0.25, -0.2) is 18.1 Å². The Hall–Kier alpha value is -1.89. The molecule has 7 heteroatoms. The molecule has 0 atom stereocenters. The highest BCUT2D eigenvalue weighted by molar-refractivity contribution is 7.92. The molecular weight excluding hydrogens is 370 g/mol. The monoisotopic (exact) mass is 391 g/mol. The van der Waals surface area contributed by atoms with Crippen molar-refractivity contribution in [2.45, 2.75) is 25.8 Å². The lowest BCUT2D eigenvalue weighted by Crippen LogP contribution is -2.44. The van der Waals surface area contributed by atoms with E-state index in [9.17, 15) is 8.42 Å². The van der Waals surface area contributed by atoms with Crippen LogP contribution < -0.4 is 9.62 Å². The number of pyridine rings is 1. The van der Waals surface area contributed by atoms with Crippen molar-refractivity contribution in [1.82, 2.24) is 9.71 Å². The third kappa shape index (κ3) is 5.30. The SMILES string of the molecule is Cc1cccc(N2CCC(NS(=O)(=O)C=Cc3ccc(Cl)cc3)CC2)n1. The molecule has 1 aromatic heterocycles. The second-order valence-corrected chi connectivity index (χ2v) is 8.45. The third-order valence-corrected chi connectivity index (χ3v) is 5.74. The van der Waals surface area contributed by atoms with Gasteiger partial charge in [0.05, 0.1) is 0 Å². The summed E-state index contributed by atoms with van der Waals surface area (Å²) in [5.74, 6) is 0.953. The molecule has 0 radical (unpaired) electrons. The Morgan fingerprint density at radius 3 is 2.50 bits per heavy atom. The molecule has 2 aromatic rings. The maximum Gasteiger partial charge on any atom is 0.233 e. The lowest BCUT2D eigenvalue weighted by molar-refractivity contribution is 0.461. The van der Waals surface area contributed by atoms with Crippen molar-refractivity contribution in [1.29, 1.82) is 0 Å². The summed E-state index contributed by atoms with van der Waals surface area (Å²) in [6, 6.07) is 12.9. The first kappa shape index (κ1) is 18.9. The van der Waals surface area contributed by atoms with E-state index in [1.165, 1.54) is 5.41 Å². The fourth-order valence-corrected chi connectivity index (χ4v) is 4.19. The molecule has 1 aliphatic heterocycles. The number of aromatic nitrogens is 1. The summed E-state index contributed by atoms with van der Waals surface area (Å²) in [5.41, 5.74) is 1.78. The van der Waals surface area contributed by atoms with Gasteiger partial charge in [0.15, 0.2) is 0 Å². The van der Waals surface area contributed by atoms with E-state index in [0.717, 1.165) is 43.0 Å². The van der Waals surface area contributed by atoms with Gasteiger partial charge in [0.1, 0.15) is 5.82 Å². The molecule has 0 unspecified atom stereocenters. The summed E-state index contributed by atoms with van der Waals surface area (Å²) in [6.07, 6.45) is 3.08. The van der Waals surface area contributed by atoms with E-state index in [2.05, 4.69) is 14.6 Å². The first-order valence-corrected chi connectivity index (χ1v) is 10.5. The van der Waals surface area contributed by atoms with Crippen LogP contribution in [0.5, 0.6) is 0 Å². The molecule has 0 aliphatic carbocycles. The van der Waals surface area contributed by atoms with Gasteiger partial charge in [-0.1, -0.05) is 29.8 Å². The Morgan fingerprint density at radius 1 is 1.15 bits per heavy atom. The summed E-state index contributed by atoms with van der Waals surface area (Å²) < 4.78 is 27.3. The average molecular weight is 392 g/mol. The van der Waals surface area contributed by atoms with Crippen molar-refractivity contribution in [3.8, 4) is 0 Å². The van der Waals surface area contributed by atoms with Crippen molar-refractivity contribution >= 4 is 33.5 Å². The lowest BCUT2D eigenvalue weighted by Gasteiger charge is -2.32. The summed E-state index contributed by atoms with van der Waals surface area (Å²) in [7, 11) is -3.48. The van der Waals surface area contributed by atoms with Gasteiger partial charge in [-0.15, -0.1) is 0 Å². The number of anilines is 1. The van der Waals surface area contributed by atoms with Gasteiger partial charge in [0.25, 0.3) is 0 Å². The predicted octanol–water partition coefficient (Wildman–Crippen LogP) is 3.60. The summed E-state index contributed by atoms with van der Waals surface area (Å²) in [4.78, 5) is 6.73. The number of aryl methyl sites for hydroxylation is 1. The van der Waals surface area contributed by atoms with Crippen molar-refractivity contribution in [2.75, 3.05) is 18.0 Å². The van der Waals surface area contributed by atoms with E-state index < -0.39 is 10.0 Å². The largest absolute Gasteiger partial charge is 0.356 e. The minimum Gasteiger partial charge on any atom is -0.356 e. The fourth-order valence-electron chi connectivity index (χ4n) is 2.94. The molecule has 1 saturated heterocycles. The molecule has 1 N–H and O–H groups in total. The van der Waals surface area contributed by atoms with E-state index in [0.29, 0.717) is 5.02 Å². The van der Waals surface area contributed by atoms with Gasteiger partial charge in [0.2, 0.25) is 10.0 Å². The van der Waals surface area contributed by atoms with Crippen molar-refractivity contribution in [2.24, 2.45) is 0 Å². The van der Waals surface area contributed by atoms with Crippen LogP contribution in [0.25, 0.3) is 6.08 Å². The topological polar surface area (TPSA) is 62.3 Å². The van der Waals surface area contributed by atoms with Crippen molar-refractivity contribution in [3.05, 3.63) is 64.2 Å². The Kier molecular flexibility index (Phi) is 5.96. The number of benzene rings is 1. The van der Waals surface area contributed by atoms with Crippen LogP contribution >= 0.6 is 11.6 Å². The van der Waals surface area contributed by atoms with Gasteiger partial charge < -0.3 is 4.90 Å². The number of piperidine rings is 1. The normalized spacial score (nSPS) is 16.3. The summed E-state index contributed by atoms with van der Waals surface area (Å²) >= 11 is 5.83. The average Bonchev–Trinajstić information content (AvgIpc) is 2.62. The minimum atomic E-state index is -3.48. The number of nitrogens with zero attached hydrogens (tertiary/aromatic N) is 2. The Balaban J connectivity index is 1.55. The highest BCUT2D eigenvalue weighted by Gasteiger charge is 2.23. The van der Waals surface area contributed by atoms with Crippen LogP contribution in [0.2, 0.25) is 5.02 Å². The second-order valence-electron chi connectivity index (χ2n) is 6.42. The zero-order valence-corrected chi connectivity index (χ0v) is 16.2. The standard InChI is InChI=1S/C19H22ClN3O2S/c1-15-3-2-4-19(21-15)23-12-9-18(10-13-23)22-26(24,25)14-11-16-5-7-17(20)8-6-16/h2-8,11,14,18,22H,9-10,12-13H2,1H3. The molecule has 3 rings (SSSR count). The molecule has 0 spiro atoms. The van der Waals surface area contributed by atoms with Gasteiger partial charge in [-0.3, -0.25) is 0 Å². The molecule has 1 aliphatic rings. The minimum absolute atomic E-state index is 0.0593. The maximum absolute atomic E-state index is 12.3. The zero-order chi connectivity index (χ0) is 18.6. The van der Waals surface area contributed by atoms with Crippen LogP contribution in [0, 0.1) is 6.92 Å². The summed E-state index contributed by atoms with van der Waals surface area (Å²) in [6.45, 7) is 3.53. The van der Waals surface area contributed by atoms with E-state index in [-0.39, 0.29) is 6.04 Å². The van der Waals surface area contributed by atoms with E-state index in [4.69, 9.17) is 11.6 Å². The molecule has 138 valence electrons. The lowest BCUT2D eigenvalue weighted by atomic mass is 10.1. The molecule has 2 heterocycles. The highest BCUT2D eigenvalue weighted by Crippen LogP contribution is 2.19. The quantitative estimate of drug-likeness (QED) is 0.845. The van der Waals surface area contributed by atoms with Gasteiger partial charge in [0, 0.05) is 35.3 Å². The zero-order valence-electron chi connectivity index (χ0n) is 14.6. The van der Waals surface area contributed by atoms with Crippen LogP contribution in [0.1, 0.15) is 24.1 Å². The molecular formula is C19H22ClN3O2S. The Morgan fingerprint density at radius 2 is 1.85 bits per heavy atom. The molecule has 0 amide bonds. The second kappa shape index (κ2) is 8.20. The smallest absolute Gasteiger partial charge is 0.233 e. The number of hydrogen-bond donors (Lipinski definition) is 1. The highest BCUT2D eigenvalue weighted by atomic mass is 35.5. The number of rotatable bonds is 5. The number of halogens is 1. The van der Waals surface area contributed by atoms with Gasteiger partial charge >= 0.3 is 0 Å². The molecule has 1 fully saturated rings. The van der Waals surface area contributed by atoms with Crippen LogP contribution in [0.4, 0.5) is 5.82 Å². The first-order chi connectivity index (χ1) is 12.4. The van der Waals surface area contributed by atoms with Gasteiger partial charge in [-0.05, 0) is 55.7 Å². The Labute approximate surface area is 159 Å². The number of hydrogen-bond acceptors (Lipinski definition) is 4. The maximum atomic E-state index is 12.3. The van der Waals surface area contributed by atoms with Crippen LogP contribution in [0.3, 0.4) is 0 Å². The Bertz CT molecular complexity index is 874. The predicted molar refractivity (Wildman–Crippen MR) is 107 cm³/mol. The first-order valence-electron chi connectivity index (χ1n) is 8.56. The summed E-state index contributed by atoms with van der Waals surface area (Å²) in [5, 5.41) is 1.84. The van der Waals surface area contributed by atoms with E-state index in [1.807, 2.05) is 25.1 Å². The molecule has 26 heavy (non-hydrogen) atoms. The molecule has 1 aromatic carbocycles.